The second-order valence-corrected chi connectivity index (χ2v) is 10.4. The van der Waals surface area contributed by atoms with Gasteiger partial charge in [0.05, 0.1) is 0 Å². The lowest BCUT2D eigenvalue weighted by molar-refractivity contribution is 0.401. The Morgan fingerprint density at radius 2 is 1.41 bits per heavy atom. The SMILES string of the molecule is CCCCCCC1(CCCCCC)c2ccccc2-c2ccc(/C=C/c3cccs3)cc21. The Labute approximate surface area is 199 Å². The van der Waals surface area contributed by atoms with Gasteiger partial charge in [0.25, 0.3) is 0 Å². The summed E-state index contributed by atoms with van der Waals surface area (Å²) in [5, 5.41) is 2.15. The first kappa shape index (κ1) is 23.1. The van der Waals surface area contributed by atoms with Gasteiger partial charge in [-0.1, -0.05) is 120 Å². The third kappa shape index (κ3) is 4.94. The minimum Gasteiger partial charge on any atom is -0.144 e. The Kier molecular flexibility index (Phi) is 8.03. The second kappa shape index (κ2) is 11.1. The fraction of sp³-hybridized carbons (Fsp3) is 0.419. The summed E-state index contributed by atoms with van der Waals surface area (Å²) in [6, 6.07) is 20.8. The summed E-state index contributed by atoms with van der Waals surface area (Å²) < 4.78 is 0. The third-order valence-electron chi connectivity index (χ3n) is 7.19. The number of hydrogen-bond donors (Lipinski definition) is 0. The fourth-order valence-electron chi connectivity index (χ4n) is 5.51. The molecule has 0 atom stereocenters. The number of thiophene rings is 1. The van der Waals surface area contributed by atoms with Gasteiger partial charge in [-0.15, -0.1) is 11.3 Å². The van der Waals surface area contributed by atoms with Crippen LogP contribution in [-0.4, -0.2) is 0 Å². The van der Waals surface area contributed by atoms with Crippen molar-refractivity contribution >= 4 is 23.5 Å². The fourth-order valence-corrected chi connectivity index (χ4v) is 6.13. The van der Waals surface area contributed by atoms with E-state index in [1.54, 1.807) is 22.5 Å². The molecule has 0 radical (unpaired) electrons. The van der Waals surface area contributed by atoms with E-state index in [1.807, 2.05) is 0 Å². The van der Waals surface area contributed by atoms with Crippen LogP contribution in [0.5, 0.6) is 0 Å². The van der Waals surface area contributed by atoms with Crippen molar-refractivity contribution in [2.45, 2.75) is 83.5 Å². The minimum absolute atomic E-state index is 0.181. The van der Waals surface area contributed by atoms with Gasteiger partial charge >= 0.3 is 0 Å². The maximum atomic E-state index is 2.51. The number of hydrogen-bond acceptors (Lipinski definition) is 1. The molecule has 1 aromatic heterocycles. The van der Waals surface area contributed by atoms with Gasteiger partial charge in [-0.25, -0.2) is 0 Å². The molecule has 1 aliphatic carbocycles. The first-order valence-electron chi connectivity index (χ1n) is 12.7. The molecule has 1 heterocycles. The van der Waals surface area contributed by atoms with E-state index in [0.29, 0.717) is 0 Å². The summed E-state index contributed by atoms with van der Waals surface area (Å²) in [6.45, 7) is 4.62. The van der Waals surface area contributed by atoms with Crippen molar-refractivity contribution in [3.05, 3.63) is 81.5 Å². The number of benzene rings is 2. The molecular formula is C31H38S. The topological polar surface area (TPSA) is 0 Å². The van der Waals surface area contributed by atoms with Crippen molar-refractivity contribution in [1.82, 2.24) is 0 Å². The molecule has 0 saturated heterocycles. The van der Waals surface area contributed by atoms with E-state index in [9.17, 15) is 0 Å². The van der Waals surface area contributed by atoms with Gasteiger partial charge in [0.1, 0.15) is 0 Å². The quantitative estimate of drug-likeness (QED) is 0.245. The number of unbranched alkanes of at least 4 members (excludes halogenated alkanes) is 6. The standard InChI is InChI=1S/C31H38S/c1-3-5-7-11-21-31(22-12-8-6-4-2)29-16-10-9-15-27(29)28-20-18-25(24-30(28)31)17-19-26-14-13-23-32-26/h9-10,13-20,23-24H,3-8,11-12,21-22H2,1-2H3/b19-17+. The zero-order valence-electron chi connectivity index (χ0n) is 19.9. The van der Waals surface area contributed by atoms with Gasteiger partial charge in [-0.3, -0.25) is 0 Å². The van der Waals surface area contributed by atoms with Crippen molar-refractivity contribution in [3.8, 4) is 11.1 Å². The van der Waals surface area contributed by atoms with Crippen LogP contribution in [0, 0.1) is 0 Å². The monoisotopic (exact) mass is 442 g/mol. The van der Waals surface area contributed by atoms with Crippen molar-refractivity contribution in [3.63, 3.8) is 0 Å². The van der Waals surface area contributed by atoms with Gasteiger partial charge in [0, 0.05) is 10.3 Å². The molecule has 0 bridgehead atoms. The average Bonchev–Trinajstić information content (AvgIpc) is 3.44. The van der Waals surface area contributed by atoms with Crippen LogP contribution in [0.4, 0.5) is 0 Å². The van der Waals surface area contributed by atoms with E-state index in [2.05, 4.69) is 86.0 Å². The van der Waals surface area contributed by atoms with Gasteiger partial charge < -0.3 is 0 Å². The van der Waals surface area contributed by atoms with Crippen LogP contribution in [0.2, 0.25) is 0 Å². The van der Waals surface area contributed by atoms with Crippen molar-refractivity contribution in [1.29, 1.82) is 0 Å². The molecule has 0 spiro atoms. The molecule has 0 nitrogen and oxygen atoms in total. The van der Waals surface area contributed by atoms with Crippen LogP contribution < -0.4 is 0 Å². The highest BCUT2D eigenvalue weighted by Crippen LogP contribution is 2.54. The third-order valence-corrected chi connectivity index (χ3v) is 8.03. The largest absolute Gasteiger partial charge is 0.144 e. The Morgan fingerprint density at radius 1 is 0.688 bits per heavy atom. The van der Waals surface area contributed by atoms with Gasteiger partial charge in [-0.05, 0) is 58.2 Å². The van der Waals surface area contributed by atoms with Crippen molar-refractivity contribution in [2.75, 3.05) is 0 Å². The van der Waals surface area contributed by atoms with Crippen LogP contribution in [0.3, 0.4) is 0 Å². The van der Waals surface area contributed by atoms with E-state index < -0.39 is 0 Å². The van der Waals surface area contributed by atoms with Crippen molar-refractivity contribution in [2.24, 2.45) is 0 Å². The van der Waals surface area contributed by atoms with Crippen molar-refractivity contribution < 1.29 is 0 Å². The highest BCUT2D eigenvalue weighted by atomic mass is 32.1. The normalized spacial score (nSPS) is 14.1. The van der Waals surface area contributed by atoms with E-state index in [1.165, 1.54) is 85.8 Å². The smallest absolute Gasteiger partial charge is 0.0270 e. The summed E-state index contributed by atoms with van der Waals surface area (Å²) in [6.07, 6.45) is 17.8. The first-order valence-corrected chi connectivity index (χ1v) is 13.6. The zero-order chi connectivity index (χ0) is 22.2. The first-order chi connectivity index (χ1) is 15.8. The Bertz CT molecular complexity index is 997. The molecule has 0 aliphatic heterocycles. The lowest BCUT2D eigenvalue weighted by Crippen LogP contribution is -2.25. The maximum Gasteiger partial charge on any atom is 0.0270 e. The predicted octanol–water partition coefficient (Wildman–Crippen LogP) is 10.1. The van der Waals surface area contributed by atoms with Gasteiger partial charge in [0.2, 0.25) is 0 Å². The molecule has 0 saturated carbocycles. The summed E-state index contributed by atoms with van der Waals surface area (Å²) in [5.41, 5.74) is 7.63. The molecule has 0 fully saturated rings. The number of fused-ring (bicyclic) bond motifs is 3. The molecule has 4 rings (SSSR count). The highest BCUT2D eigenvalue weighted by Gasteiger charge is 2.41. The second-order valence-electron chi connectivity index (χ2n) is 9.40. The van der Waals surface area contributed by atoms with E-state index in [-0.39, 0.29) is 5.41 Å². The summed E-state index contributed by atoms with van der Waals surface area (Å²) >= 11 is 1.80. The molecule has 0 unspecified atom stereocenters. The minimum atomic E-state index is 0.181. The van der Waals surface area contributed by atoms with E-state index in [4.69, 9.17) is 0 Å². The molecule has 32 heavy (non-hydrogen) atoms. The lowest BCUT2D eigenvalue weighted by Gasteiger charge is -2.33. The number of rotatable bonds is 12. The molecule has 3 aromatic rings. The Balaban J connectivity index is 1.72. The molecule has 168 valence electrons. The highest BCUT2D eigenvalue weighted by molar-refractivity contribution is 7.10. The zero-order valence-corrected chi connectivity index (χ0v) is 20.7. The van der Waals surface area contributed by atoms with Gasteiger partial charge in [-0.2, -0.15) is 0 Å². The van der Waals surface area contributed by atoms with Crippen LogP contribution >= 0.6 is 11.3 Å². The molecular weight excluding hydrogens is 404 g/mol. The van der Waals surface area contributed by atoms with Crippen LogP contribution in [0.1, 0.15) is 99.6 Å². The Morgan fingerprint density at radius 3 is 2.09 bits per heavy atom. The molecule has 1 aliphatic rings. The van der Waals surface area contributed by atoms with Crippen LogP contribution in [0.25, 0.3) is 23.3 Å². The summed E-state index contributed by atoms with van der Waals surface area (Å²) in [5.74, 6) is 0. The molecule has 0 N–H and O–H groups in total. The summed E-state index contributed by atoms with van der Waals surface area (Å²) in [4.78, 5) is 1.32. The van der Waals surface area contributed by atoms with E-state index in [0.717, 1.165) is 0 Å². The van der Waals surface area contributed by atoms with Crippen LogP contribution in [0.15, 0.2) is 60.0 Å². The van der Waals surface area contributed by atoms with Gasteiger partial charge in [0.15, 0.2) is 0 Å². The molecule has 0 amide bonds. The average molecular weight is 443 g/mol. The maximum absolute atomic E-state index is 2.51. The predicted molar refractivity (Wildman–Crippen MR) is 143 cm³/mol. The van der Waals surface area contributed by atoms with E-state index >= 15 is 0 Å². The summed E-state index contributed by atoms with van der Waals surface area (Å²) in [7, 11) is 0. The molecule has 1 heteroatoms. The Hall–Kier alpha value is -2.12. The molecule has 2 aromatic carbocycles. The lowest BCUT2D eigenvalue weighted by atomic mass is 9.70. The van der Waals surface area contributed by atoms with Crippen LogP contribution in [-0.2, 0) is 5.41 Å².